The lowest BCUT2D eigenvalue weighted by Crippen LogP contribution is -2.26. The van der Waals surface area contributed by atoms with Gasteiger partial charge in [0.05, 0.1) is 5.56 Å². The maximum Gasteiger partial charge on any atom is 0.261 e. The van der Waals surface area contributed by atoms with Crippen LogP contribution in [0, 0.1) is 0 Å². The van der Waals surface area contributed by atoms with E-state index in [1.807, 2.05) is 0 Å². The van der Waals surface area contributed by atoms with Crippen molar-refractivity contribution in [2.75, 3.05) is 11.9 Å². The molecule has 0 fully saturated rings. The van der Waals surface area contributed by atoms with Crippen LogP contribution in [0.2, 0.25) is 0 Å². The summed E-state index contributed by atoms with van der Waals surface area (Å²) in [5.74, 6) is -0.767. The van der Waals surface area contributed by atoms with Gasteiger partial charge < -0.3 is 20.2 Å². The van der Waals surface area contributed by atoms with Crippen LogP contribution in [0.25, 0.3) is 0 Å². The third-order valence-corrected chi connectivity index (χ3v) is 2.73. The molecule has 19 heavy (non-hydrogen) atoms. The molecule has 0 aliphatic rings. The number of benzene rings is 2. The Morgan fingerprint density at radius 3 is 2.37 bits per heavy atom. The first-order valence-electron chi connectivity index (χ1n) is 5.58. The van der Waals surface area contributed by atoms with Gasteiger partial charge in [0, 0.05) is 18.8 Å². The minimum absolute atomic E-state index is 0.00848. The molecular formula is C14H13NO4. The van der Waals surface area contributed by atoms with Gasteiger partial charge in [-0.1, -0.05) is 6.07 Å². The van der Waals surface area contributed by atoms with E-state index in [9.17, 15) is 20.1 Å². The monoisotopic (exact) mass is 259 g/mol. The van der Waals surface area contributed by atoms with E-state index in [1.165, 1.54) is 42.3 Å². The number of anilines is 1. The summed E-state index contributed by atoms with van der Waals surface area (Å²) in [7, 11) is 1.51. The summed E-state index contributed by atoms with van der Waals surface area (Å²) in [4.78, 5) is 13.5. The van der Waals surface area contributed by atoms with Crippen LogP contribution in [0.1, 0.15) is 10.4 Å². The van der Waals surface area contributed by atoms with Crippen LogP contribution in [0.5, 0.6) is 17.2 Å². The second-order valence-electron chi connectivity index (χ2n) is 4.09. The zero-order chi connectivity index (χ0) is 14.0. The Morgan fingerprint density at radius 1 is 1.00 bits per heavy atom. The first-order valence-corrected chi connectivity index (χ1v) is 5.58. The van der Waals surface area contributed by atoms with Crippen molar-refractivity contribution in [3.63, 3.8) is 0 Å². The molecule has 2 aromatic carbocycles. The number of hydrogen-bond acceptors (Lipinski definition) is 4. The topological polar surface area (TPSA) is 81.0 Å². The number of hydrogen-bond donors (Lipinski definition) is 3. The summed E-state index contributed by atoms with van der Waals surface area (Å²) >= 11 is 0. The highest BCUT2D eigenvalue weighted by atomic mass is 16.3. The molecule has 0 unspecified atom stereocenters. The number of rotatable bonds is 2. The van der Waals surface area contributed by atoms with Gasteiger partial charge >= 0.3 is 0 Å². The molecule has 0 saturated carbocycles. The lowest BCUT2D eigenvalue weighted by Gasteiger charge is -2.18. The Balaban J connectivity index is 2.36. The quantitative estimate of drug-likeness (QED) is 0.721. The molecule has 2 aromatic rings. The van der Waals surface area contributed by atoms with Crippen LogP contribution < -0.4 is 4.90 Å². The lowest BCUT2D eigenvalue weighted by atomic mass is 10.1. The Labute approximate surface area is 110 Å². The number of phenols is 3. The molecule has 0 atom stereocenters. The van der Waals surface area contributed by atoms with Gasteiger partial charge in [-0.3, -0.25) is 4.79 Å². The molecule has 98 valence electrons. The van der Waals surface area contributed by atoms with Crippen molar-refractivity contribution in [1.82, 2.24) is 0 Å². The zero-order valence-electron chi connectivity index (χ0n) is 10.2. The van der Waals surface area contributed by atoms with E-state index in [1.54, 1.807) is 12.1 Å². The normalized spacial score (nSPS) is 10.2. The molecule has 5 heteroatoms. The molecular weight excluding hydrogens is 246 g/mol. The second kappa shape index (κ2) is 4.89. The second-order valence-corrected chi connectivity index (χ2v) is 4.09. The van der Waals surface area contributed by atoms with Gasteiger partial charge in [-0.05, 0) is 30.3 Å². The summed E-state index contributed by atoms with van der Waals surface area (Å²) in [6, 6.07) is 9.91. The van der Waals surface area contributed by atoms with Crippen molar-refractivity contribution in [1.29, 1.82) is 0 Å². The molecule has 1 amide bonds. The van der Waals surface area contributed by atoms with Crippen molar-refractivity contribution < 1.29 is 20.1 Å². The fraction of sp³-hybridized carbons (Fsp3) is 0.0714. The highest BCUT2D eigenvalue weighted by Crippen LogP contribution is 2.26. The van der Waals surface area contributed by atoms with Crippen LogP contribution in [-0.4, -0.2) is 28.3 Å². The summed E-state index contributed by atoms with van der Waals surface area (Å²) in [5.41, 5.74) is 0.471. The molecule has 0 aliphatic heterocycles. The van der Waals surface area contributed by atoms with Gasteiger partial charge in [0.1, 0.15) is 17.2 Å². The molecule has 0 radical (unpaired) electrons. The first kappa shape index (κ1) is 12.8. The van der Waals surface area contributed by atoms with Gasteiger partial charge in [-0.25, -0.2) is 0 Å². The minimum atomic E-state index is -0.487. The minimum Gasteiger partial charge on any atom is -0.508 e. The SMILES string of the molecule is CN(C(=O)c1cc(O)ccc1O)c1cccc(O)c1. The van der Waals surface area contributed by atoms with E-state index in [-0.39, 0.29) is 22.8 Å². The highest BCUT2D eigenvalue weighted by Gasteiger charge is 2.18. The van der Waals surface area contributed by atoms with Crippen LogP contribution in [0.3, 0.4) is 0 Å². The molecule has 0 heterocycles. The number of nitrogens with zero attached hydrogens (tertiary/aromatic N) is 1. The molecule has 0 aliphatic carbocycles. The number of aromatic hydroxyl groups is 3. The third-order valence-electron chi connectivity index (χ3n) is 2.73. The maximum atomic E-state index is 12.2. The van der Waals surface area contributed by atoms with Gasteiger partial charge in [0.15, 0.2) is 0 Å². The fourth-order valence-electron chi connectivity index (χ4n) is 1.69. The Kier molecular flexibility index (Phi) is 3.29. The number of amides is 1. The van der Waals surface area contributed by atoms with E-state index < -0.39 is 5.91 Å². The number of carbonyl (C=O) groups excluding carboxylic acids is 1. The standard InChI is InChI=1S/C14H13NO4/c1-15(9-3-2-4-10(16)7-9)14(19)12-8-11(17)5-6-13(12)18/h2-8,16-18H,1H3. The predicted molar refractivity (Wildman–Crippen MR) is 70.6 cm³/mol. The van der Waals surface area contributed by atoms with Gasteiger partial charge in [-0.2, -0.15) is 0 Å². The van der Waals surface area contributed by atoms with Crippen LogP contribution in [-0.2, 0) is 0 Å². The van der Waals surface area contributed by atoms with Crippen LogP contribution in [0.4, 0.5) is 5.69 Å². The van der Waals surface area contributed by atoms with E-state index in [2.05, 4.69) is 0 Å². The molecule has 0 aromatic heterocycles. The Bertz CT molecular complexity index is 625. The maximum absolute atomic E-state index is 12.2. The largest absolute Gasteiger partial charge is 0.508 e. The lowest BCUT2D eigenvalue weighted by molar-refractivity contribution is 0.0990. The molecule has 2 rings (SSSR count). The van der Waals surface area contributed by atoms with Crippen molar-refractivity contribution in [3.8, 4) is 17.2 Å². The fourth-order valence-corrected chi connectivity index (χ4v) is 1.69. The first-order chi connectivity index (χ1) is 8.99. The third kappa shape index (κ3) is 2.60. The van der Waals surface area contributed by atoms with Crippen molar-refractivity contribution in [3.05, 3.63) is 48.0 Å². The van der Waals surface area contributed by atoms with E-state index >= 15 is 0 Å². The zero-order valence-corrected chi connectivity index (χ0v) is 10.2. The summed E-state index contributed by atoms with van der Waals surface area (Å²) in [6.45, 7) is 0. The smallest absolute Gasteiger partial charge is 0.261 e. The number of carbonyl (C=O) groups is 1. The van der Waals surface area contributed by atoms with Gasteiger partial charge in [0.25, 0.3) is 5.91 Å². The highest BCUT2D eigenvalue weighted by molar-refractivity contribution is 6.07. The van der Waals surface area contributed by atoms with Gasteiger partial charge in [-0.15, -0.1) is 0 Å². The van der Waals surface area contributed by atoms with Crippen LogP contribution in [0.15, 0.2) is 42.5 Å². The molecule has 5 nitrogen and oxygen atoms in total. The van der Waals surface area contributed by atoms with E-state index in [0.717, 1.165) is 0 Å². The van der Waals surface area contributed by atoms with E-state index in [4.69, 9.17) is 0 Å². The predicted octanol–water partition coefficient (Wildman–Crippen LogP) is 2.08. The van der Waals surface area contributed by atoms with Gasteiger partial charge in [0.2, 0.25) is 0 Å². The van der Waals surface area contributed by atoms with Crippen molar-refractivity contribution in [2.24, 2.45) is 0 Å². The van der Waals surface area contributed by atoms with Crippen molar-refractivity contribution >= 4 is 11.6 Å². The Hall–Kier alpha value is -2.69. The van der Waals surface area contributed by atoms with Crippen LogP contribution >= 0.6 is 0 Å². The average molecular weight is 259 g/mol. The van der Waals surface area contributed by atoms with Crippen molar-refractivity contribution in [2.45, 2.75) is 0 Å². The molecule has 0 bridgehead atoms. The average Bonchev–Trinajstić information content (AvgIpc) is 2.40. The molecule has 3 N–H and O–H groups in total. The number of phenolic OH excluding ortho intramolecular Hbond substituents is 3. The summed E-state index contributed by atoms with van der Waals surface area (Å²) < 4.78 is 0. The summed E-state index contributed by atoms with van der Waals surface area (Å²) in [6.07, 6.45) is 0. The summed E-state index contributed by atoms with van der Waals surface area (Å²) in [5, 5.41) is 28.4. The van der Waals surface area contributed by atoms with E-state index in [0.29, 0.717) is 5.69 Å². The molecule has 0 saturated heterocycles. The molecule has 0 spiro atoms. The Morgan fingerprint density at radius 2 is 1.68 bits per heavy atom.